The number of allylic oxidation sites excluding steroid dienone is 7. The summed E-state index contributed by atoms with van der Waals surface area (Å²) < 4.78 is 42.8. The first kappa shape index (κ1) is 29.3. The molecule has 1 aromatic carbocycles. The number of alkyl halides is 3. The fourth-order valence-corrected chi connectivity index (χ4v) is 3.14. The first-order valence-corrected chi connectivity index (χ1v) is 11.7. The second kappa shape index (κ2) is 15.2. The van der Waals surface area contributed by atoms with Crippen LogP contribution in [0.2, 0.25) is 0 Å². The fourth-order valence-electron chi connectivity index (χ4n) is 3.14. The minimum Gasteiger partial charge on any atom is -0.445 e. The number of benzene rings is 1. The smallest absolute Gasteiger partial charge is 0.416 e. The molecule has 1 rings (SSSR count). The van der Waals surface area contributed by atoms with E-state index in [1.54, 1.807) is 0 Å². The third kappa shape index (κ3) is 13.7. The normalized spacial score (nSPS) is 13.0. The minimum atomic E-state index is -4.41. The summed E-state index contributed by atoms with van der Waals surface area (Å²) >= 11 is 0. The zero-order chi connectivity index (χ0) is 25.6. The Balaban J connectivity index is 2.29. The van der Waals surface area contributed by atoms with Gasteiger partial charge >= 0.3 is 12.3 Å². The van der Waals surface area contributed by atoms with Crippen molar-refractivity contribution in [1.29, 1.82) is 0 Å². The average Bonchev–Trinajstić information content (AvgIpc) is 2.73. The van der Waals surface area contributed by atoms with Crippen molar-refractivity contribution in [2.45, 2.75) is 79.3 Å². The number of anilines is 1. The first-order chi connectivity index (χ1) is 16.0. The van der Waals surface area contributed by atoms with E-state index in [4.69, 9.17) is 4.74 Å². The van der Waals surface area contributed by atoms with Crippen LogP contribution in [0.5, 0.6) is 0 Å². The molecule has 0 atom stereocenters. The Hall–Kier alpha value is -2.76. The van der Waals surface area contributed by atoms with E-state index in [1.165, 1.54) is 28.9 Å². The van der Waals surface area contributed by atoms with Crippen LogP contribution in [0, 0.1) is 0 Å². The Labute approximate surface area is 202 Å². The highest BCUT2D eigenvalue weighted by atomic mass is 19.4. The number of rotatable bonds is 12. The number of carbonyl (C=O) groups excluding carboxylic acids is 1. The van der Waals surface area contributed by atoms with Crippen LogP contribution in [0.15, 0.2) is 70.9 Å². The van der Waals surface area contributed by atoms with Gasteiger partial charge in [0.25, 0.3) is 0 Å². The van der Waals surface area contributed by atoms with Crippen LogP contribution < -0.4 is 5.32 Å². The highest BCUT2D eigenvalue weighted by Gasteiger charge is 2.29. The predicted octanol–water partition coefficient (Wildman–Crippen LogP) is 9.40. The second-order valence-corrected chi connectivity index (χ2v) is 8.85. The number of hydrogen-bond donors (Lipinski definition) is 1. The van der Waals surface area contributed by atoms with Crippen LogP contribution in [0.3, 0.4) is 0 Å². The molecule has 0 unspecified atom stereocenters. The summed E-state index contributed by atoms with van der Waals surface area (Å²) in [7, 11) is 0. The number of amides is 1. The van der Waals surface area contributed by atoms with Gasteiger partial charge in [0, 0.05) is 5.69 Å². The lowest BCUT2D eigenvalue weighted by atomic mass is 10.0. The molecule has 0 spiro atoms. The molecule has 1 aromatic rings. The van der Waals surface area contributed by atoms with Crippen molar-refractivity contribution < 1.29 is 22.7 Å². The standard InChI is InChI=1S/C28H38F3NO2/c1-21(2)9-6-10-22(3)11-7-12-23(4)13-8-14-24(5)19-20-34-27(33)32-26-17-15-25(16-18-26)28(29,30)31/h9,11,13,15-19H,6-8,10,12,14,20H2,1-5H3,(H,32,33). The Morgan fingerprint density at radius 1 is 0.794 bits per heavy atom. The topological polar surface area (TPSA) is 38.3 Å². The van der Waals surface area contributed by atoms with Gasteiger partial charge in [-0.2, -0.15) is 13.2 Å². The molecule has 0 bridgehead atoms. The molecule has 0 aliphatic carbocycles. The molecule has 0 aromatic heterocycles. The largest absolute Gasteiger partial charge is 0.445 e. The van der Waals surface area contributed by atoms with Crippen molar-refractivity contribution >= 4 is 11.8 Å². The van der Waals surface area contributed by atoms with E-state index in [-0.39, 0.29) is 12.3 Å². The summed E-state index contributed by atoms with van der Waals surface area (Å²) in [5, 5.41) is 2.42. The Kier molecular flexibility index (Phi) is 13.1. The molecular weight excluding hydrogens is 439 g/mol. The molecule has 188 valence electrons. The van der Waals surface area contributed by atoms with Gasteiger partial charge in [0.2, 0.25) is 0 Å². The maximum Gasteiger partial charge on any atom is 0.416 e. The SMILES string of the molecule is CC(C)=CCCC(C)=CCCC(C)=CCCC(C)=CCOC(=O)Nc1ccc(C(F)(F)F)cc1. The van der Waals surface area contributed by atoms with Crippen LogP contribution in [-0.2, 0) is 10.9 Å². The number of carbonyl (C=O) groups is 1. The Morgan fingerprint density at radius 3 is 1.74 bits per heavy atom. The highest BCUT2D eigenvalue weighted by molar-refractivity contribution is 5.84. The van der Waals surface area contributed by atoms with E-state index in [0.29, 0.717) is 0 Å². The van der Waals surface area contributed by atoms with Gasteiger partial charge in [0.05, 0.1) is 5.56 Å². The summed E-state index contributed by atoms with van der Waals surface area (Å²) in [6, 6.07) is 4.22. The first-order valence-electron chi connectivity index (χ1n) is 11.7. The van der Waals surface area contributed by atoms with Crippen LogP contribution in [-0.4, -0.2) is 12.7 Å². The third-order valence-electron chi connectivity index (χ3n) is 5.26. The number of hydrogen-bond acceptors (Lipinski definition) is 2. The molecule has 1 amide bonds. The molecule has 0 saturated carbocycles. The van der Waals surface area contributed by atoms with E-state index in [1.807, 2.05) is 13.0 Å². The number of halogens is 3. The fraction of sp³-hybridized carbons (Fsp3) is 0.464. The molecule has 0 fully saturated rings. The molecular formula is C28H38F3NO2. The van der Waals surface area contributed by atoms with Crippen molar-refractivity contribution in [3.8, 4) is 0 Å². The molecule has 0 aliphatic heterocycles. The quantitative estimate of drug-likeness (QED) is 0.305. The van der Waals surface area contributed by atoms with Crippen molar-refractivity contribution in [3.63, 3.8) is 0 Å². The highest BCUT2D eigenvalue weighted by Crippen LogP contribution is 2.29. The molecule has 6 heteroatoms. The van der Waals surface area contributed by atoms with Crippen molar-refractivity contribution in [1.82, 2.24) is 0 Å². The van der Waals surface area contributed by atoms with E-state index in [2.05, 4.69) is 51.2 Å². The molecule has 34 heavy (non-hydrogen) atoms. The molecule has 0 heterocycles. The average molecular weight is 478 g/mol. The summed E-state index contributed by atoms with van der Waals surface area (Å²) in [6.45, 7) is 10.7. The van der Waals surface area contributed by atoms with Crippen LogP contribution in [0.25, 0.3) is 0 Å². The lowest BCUT2D eigenvalue weighted by Crippen LogP contribution is -2.14. The Morgan fingerprint density at radius 2 is 1.26 bits per heavy atom. The summed E-state index contributed by atoms with van der Waals surface area (Å²) in [4.78, 5) is 11.8. The van der Waals surface area contributed by atoms with Gasteiger partial charge in [-0.05, 0) is 103 Å². The van der Waals surface area contributed by atoms with Crippen molar-refractivity contribution in [2.24, 2.45) is 0 Å². The molecule has 1 N–H and O–H groups in total. The van der Waals surface area contributed by atoms with Gasteiger partial charge in [-0.1, -0.05) is 40.5 Å². The molecule has 0 saturated heterocycles. The second-order valence-electron chi connectivity index (χ2n) is 8.85. The Bertz CT molecular complexity index is 887. The maximum atomic E-state index is 12.6. The molecule has 0 radical (unpaired) electrons. The van der Waals surface area contributed by atoms with Gasteiger partial charge in [0.15, 0.2) is 0 Å². The zero-order valence-corrected chi connectivity index (χ0v) is 21.0. The van der Waals surface area contributed by atoms with Gasteiger partial charge in [-0.15, -0.1) is 0 Å². The predicted molar refractivity (Wildman–Crippen MR) is 135 cm³/mol. The van der Waals surface area contributed by atoms with Gasteiger partial charge in [0.1, 0.15) is 6.61 Å². The minimum absolute atomic E-state index is 0.109. The van der Waals surface area contributed by atoms with Crippen molar-refractivity contribution in [3.05, 3.63) is 76.4 Å². The van der Waals surface area contributed by atoms with Gasteiger partial charge in [-0.25, -0.2) is 4.79 Å². The van der Waals surface area contributed by atoms with Crippen LogP contribution in [0.4, 0.5) is 23.7 Å². The summed E-state index contributed by atoms with van der Waals surface area (Å²) in [5.74, 6) is 0. The lowest BCUT2D eigenvalue weighted by Gasteiger charge is -2.09. The number of nitrogens with one attached hydrogen (secondary N) is 1. The van der Waals surface area contributed by atoms with Crippen LogP contribution >= 0.6 is 0 Å². The monoisotopic (exact) mass is 477 g/mol. The van der Waals surface area contributed by atoms with Gasteiger partial charge in [-0.3, -0.25) is 5.32 Å². The summed E-state index contributed by atoms with van der Waals surface area (Å²) in [6.07, 6.45) is 9.71. The third-order valence-corrected chi connectivity index (χ3v) is 5.26. The van der Waals surface area contributed by atoms with Gasteiger partial charge < -0.3 is 4.74 Å². The summed E-state index contributed by atoms with van der Waals surface area (Å²) in [5.41, 5.74) is 4.76. The van der Waals surface area contributed by atoms with E-state index in [0.717, 1.165) is 56.2 Å². The number of ether oxygens (including phenoxy) is 1. The zero-order valence-electron chi connectivity index (χ0n) is 21.0. The van der Waals surface area contributed by atoms with E-state index < -0.39 is 17.8 Å². The van der Waals surface area contributed by atoms with E-state index >= 15 is 0 Å². The lowest BCUT2D eigenvalue weighted by molar-refractivity contribution is -0.137. The maximum absolute atomic E-state index is 12.6. The molecule has 0 aliphatic rings. The van der Waals surface area contributed by atoms with Crippen molar-refractivity contribution in [2.75, 3.05) is 11.9 Å². The van der Waals surface area contributed by atoms with Crippen LogP contribution in [0.1, 0.15) is 78.7 Å². The van der Waals surface area contributed by atoms with E-state index in [9.17, 15) is 18.0 Å². The molecule has 3 nitrogen and oxygen atoms in total.